The van der Waals surface area contributed by atoms with Gasteiger partial charge in [0.15, 0.2) is 0 Å². The number of rotatable bonds is 4. The smallest absolute Gasteiger partial charge is 0.306 e. The molecule has 1 amide bonds. The molecule has 2 rings (SSSR count). The molecular formula is C12H20N2O3. The lowest BCUT2D eigenvalue weighted by atomic mass is 9.86. The summed E-state index contributed by atoms with van der Waals surface area (Å²) in [5.41, 5.74) is 0. The molecule has 2 atom stereocenters. The largest absolute Gasteiger partial charge is 0.481 e. The Labute approximate surface area is 101 Å². The van der Waals surface area contributed by atoms with Gasteiger partial charge in [-0.15, -0.1) is 0 Å². The zero-order chi connectivity index (χ0) is 12.3. The first-order valence-corrected chi connectivity index (χ1v) is 6.41. The van der Waals surface area contributed by atoms with Gasteiger partial charge in [0.1, 0.15) is 0 Å². The van der Waals surface area contributed by atoms with E-state index in [0.717, 1.165) is 38.8 Å². The van der Waals surface area contributed by atoms with Crippen LogP contribution in [0.25, 0.3) is 0 Å². The van der Waals surface area contributed by atoms with E-state index < -0.39 is 5.97 Å². The van der Waals surface area contributed by atoms with Gasteiger partial charge >= 0.3 is 5.97 Å². The van der Waals surface area contributed by atoms with Gasteiger partial charge in [-0.2, -0.15) is 0 Å². The molecule has 96 valence electrons. The maximum Gasteiger partial charge on any atom is 0.306 e. The van der Waals surface area contributed by atoms with Crippen LogP contribution >= 0.6 is 0 Å². The average Bonchev–Trinajstić information content (AvgIpc) is 2.24. The van der Waals surface area contributed by atoms with Crippen LogP contribution in [0.1, 0.15) is 32.1 Å². The van der Waals surface area contributed by atoms with Crippen LogP contribution in [0, 0.1) is 5.92 Å². The van der Waals surface area contributed by atoms with Crippen LogP contribution in [0.3, 0.4) is 0 Å². The van der Waals surface area contributed by atoms with Gasteiger partial charge < -0.3 is 15.3 Å². The van der Waals surface area contributed by atoms with Crippen molar-refractivity contribution in [1.82, 2.24) is 10.2 Å². The summed E-state index contributed by atoms with van der Waals surface area (Å²) in [6, 6.07) is 0.190. The molecule has 0 spiro atoms. The molecular weight excluding hydrogens is 220 g/mol. The van der Waals surface area contributed by atoms with E-state index in [1.807, 2.05) is 4.90 Å². The quantitative estimate of drug-likeness (QED) is 0.748. The summed E-state index contributed by atoms with van der Waals surface area (Å²) >= 11 is 0. The van der Waals surface area contributed by atoms with Gasteiger partial charge in [-0.25, -0.2) is 0 Å². The summed E-state index contributed by atoms with van der Waals surface area (Å²) in [4.78, 5) is 24.4. The molecule has 1 aliphatic heterocycles. The molecule has 0 radical (unpaired) electrons. The summed E-state index contributed by atoms with van der Waals surface area (Å²) in [5.74, 6) is -0.792. The number of nitrogens with one attached hydrogen (secondary N) is 1. The Kier molecular flexibility index (Phi) is 3.99. The predicted molar refractivity (Wildman–Crippen MR) is 62.6 cm³/mol. The van der Waals surface area contributed by atoms with E-state index in [0.29, 0.717) is 13.0 Å². The summed E-state index contributed by atoms with van der Waals surface area (Å²) in [7, 11) is 0. The number of nitrogens with zero attached hydrogens (tertiary/aromatic N) is 1. The molecule has 2 unspecified atom stereocenters. The number of hydrogen-bond donors (Lipinski definition) is 2. The zero-order valence-electron chi connectivity index (χ0n) is 10.0. The minimum atomic E-state index is -0.703. The number of carboxylic acid groups (broad SMARTS) is 1. The molecule has 0 bridgehead atoms. The fourth-order valence-corrected chi connectivity index (χ4v) is 2.51. The Balaban J connectivity index is 1.71. The topological polar surface area (TPSA) is 69.6 Å². The normalized spacial score (nSPS) is 28.6. The van der Waals surface area contributed by atoms with E-state index in [2.05, 4.69) is 5.32 Å². The van der Waals surface area contributed by atoms with Crippen molar-refractivity contribution in [2.75, 3.05) is 19.6 Å². The van der Waals surface area contributed by atoms with Crippen LogP contribution in [0.4, 0.5) is 0 Å². The van der Waals surface area contributed by atoms with E-state index in [-0.39, 0.29) is 17.9 Å². The highest BCUT2D eigenvalue weighted by molar-refractivity contribution is 5.79. The molecule has 17 heavy (non-hydrogen) atoms. The molecule has 1 heterocycles. The van der Waals surface area contributed by atoms with Gasteiger partial charge in [0.25, 0.3) is 0 Å². The van der Waals surface area contributed by atoms with Crippen LogP contribution < -0.4 is 5.32 Å². The summed E-state index contributed by atoms with van der Waals surface area (Å²) in [6.45, 7) is 2.11. The monoisotopic (exact) mass is 240 g/mol. The molecule has 2 fully saturated rings. The van der Waals surface area contributed by atoms with Crippen molar-refractivity contribution < 1.29 is 14.7 Å². The van der Waals surface area contributed by atoms with Crippen molar-refractivity contribution in [3.05, 3.63) is 0 Å². The molecule has 0 aromatic carbocycles. The number of carbonyl (C=O) groups is 2. The van der Waals surface area contributed by atoms with Crippen molar-refractivity contribution >= 4 is 11.9 Å². The third-order valence-electron chi connectivity index (χ3n) is 3.77. The Morgan fingerprint density at radius 2 is 2.00 bits per heavy atom. The highest BCUT2D eigenvalue weighted by Crippen LogP contribution is 2.24. The Morgan fingerprint density at radius 1 is 1.24 bits per heavy atom. The fourth-order valence-electron chi connectivity index (χ4n) is 2.51. The molecule has 0 aromatic heterocycles. The number of likely N-dealkylation sites (tertiary alicyclic amines) is 1. The van der Waals surface area contributed by atoms with Crippen molar-refractivity contribution in [3.63, 3.8) is 0 Å². The van der Waals surface area contributed by atoms with Gasteiger partial charge in [-0.1, -0.05) is 6.42 Å². The SMILES string of the molecule is O=C(O)C1CCCC(NCC(=O)N2CCC2)C1. The first kappa shape index (κ1) is 12.4. The van der Waals surface area contributed by atoms with Crippen molar-refractivity contribution in [2.24, 2.45) is 5.92 Å². The Hall–Kier alpha value is -1.10. The minimum Gasteiger partial charge on any atom is -0.481 e. The number of hydrogen-bond acceptors (Lipinski definition) is 3. The first-order chi connectivity index (χ1) is 8.16. The van der Waals surface area contributed by atoms with Crippen LogP contribution in [0.2, 0.25) is 0 Å². The highest BCUT2D eigenvalue weighted by Gasteiger charge is 2.27. The second-order valence-electron chi connectivity index (χ2n) is 5.01. The fraction of sp³-hybridized carbons (Fsp3) is 0.833. The number of carboxylic acids is 1. The third-order valence-corrected chi connectivity index (χ3v) is 3.77. The van der Waals surface area contributed by atoms with E-state index >= 15 is 0 Å². The first-order valence-electron chi connectivity index (χ1n) is 6.41. The summed E-state index contributed by atoms with van der Waals surface area (Å²) in [6.07, 6.45) is 4.45. The molecule has 5 nitrogen and oxygen atoms in total. The van der Waals surface area contributed by atoms with Gasteiger partial charge in [0, 0.05) is 19.1 Å². The molecule has 5 heteroatoms. The second kappa shape index (κ2) is 5.49. The maximum absolute atomic E-state index is 11.6. The standard InChI is InChI=1S/C12H20N2O3/c15-11(14-5-2-6-14)8-13-10-4-1-3-9(7-10)12(16)17/h9-10,13H,1-8H2,(H,16,17). The van der Waals surface area contributed by atoms with Crippen LogP contribution in [-0.2, 0) is 9.59 Å². The lowest BCUT2D eigenvalue weighted by Gasteiger charge is -2.32. The predicted octanol–water partition coefficient (Wildman–Crippen LogP) is 0.452. The molecule has 2 aliphatic rings. The van der Waals surface area contributed by atoms with E-state index in [9.17, 15) is 9.59 Å². The minimum absolute atomic E-state index is 0.147. The van der Waals surface area contributed by atoms with Crippen molar-refractivity contribution in [2.45, 2.75) is 38.1 Å². The Morgan fingerprint density at radius 3 is 2.59 bits per heavy atom. The summed E-state index contributed by atoms with van der Waals surface area (Å²) < 4.78 is 0. The van der Waals surface area contributed by atoms with Crippen molar-refractivity contribution in [3.8, 4) is 0 Å². The van der Waals surface area contributed by atoms with Gasteiger partial charge in [-0.3, -0.25) is 9.59 Å². The molecule has 1 aliphatic carbocycles. The maximum atomic E-state index is 11.6. The number of aliphatic carboxylic acids is 1. The molecule has 1 saturated heterocycles. The molecule has 0 aromatic rings. The zero-order valence-corrected chi connectivity index (χ0v) is 10.0. The van der Waals surface area contributed by atoms with Gasteiger partial charge in [-0.05, 0) is 25.7 Å². The van der Waals surface area contributed by atoms with Crippen LogP contribution in [0.5, 0.6) is 0 Å². The van der Waals surface area contributed by atoms with Crippen LogP contribution in [-0.4, -0.2) is 47.6 Å². The number of amides is 1. The second-order valence-corrected chi connectivity index (χ2v) is 5.01. The summed E-state index contributed by atoms with van der Waals surface area (Å²) in [5, 5.41) is 12.2. The molecule has 1 saturated carbocycles. The van der Waals surface area contributed by atoms with Gasteiger partial charge in [0.05, 0.1) is 12.5 Å². The van der Waals surface area contributed by atoms with E-state index in [1.54, 1.807) is 0 Å². The van der Waals surface area contributed by atoms with E-state index in [4.69, 9.17) is 5.11 Å². The molecule has 2 N–H and O–H groups in total. The van der Waals surface area contributed by atoms with E-state index in [1.165, 1.54) is 0 Å². The Bertz CT molecular complexity index is 302. The number of carbonyl (C=O) groups excluding carboxylic acids is 1. The van der Waals surface area contributed by atoms with Crippen LogP contribution in [0.15, 0.2) is 0 Å². The van der Waals surface area contributed by atoms with Gasteiger partial charge in [0.2, 0.25) is 5.91 Å². The lowest BCUT2D eigenvalue weighted by molar-refractivity contribution is -0.143. The average molecular weight is 240 g/mol. The third kappa shape index (κ3) is 3.19. The lowest BCUT2D eigenvalue weighted by Crippen LogP contribution is -2.48. The highest BCUT2D eigenvalue weighted by atomic mass is 16.4. The van der Waals surface area contributed by atoms with Crippen molar-refractivity contribution in [1.29, 1.82) is 0 Å².